The van der Waals surface area contributed by atoms with Gasteiger partial charge in [0.2, 0.25) is 11.8 Å². The lowest BCUT2D eigenvalue weighted by Crippen LogP contribution is -2.36. The molecule has 5 nitrogen and oxygen atoms in total. The summed E-state index contributed by atoms with van der Waals surface area (Å²) in [6, 6.07) is 9.50. The first-order valence-electron chi connectivity index (χ1n) is 7.37. The number of carbonyl (C=O) groups excluding carboxylic acids is 2. The molecule has 0 bridgehead atoms. The van der Waals surface area contributed by atoms with Crippen LogP contribution >= 0.6 is 11.6 Å². The molecule has 0 aliphatic rings. The van der Waals surface area contributed by atoms with E-state index in [9.17, 15) is 14.7 Å². The quantitative estimate of drug-likeness (QED) is 0.564. The number of rotatable bonds is 10. The highest BCUT2D eigenvalue weighted by Crippen LogP contribution is 2.14. The van der Waals surface area contributed by atoms with Crippen LogP contribution < -0.4 is 11.1 Å². The molecule has 0 saturated carbocycles. The molecule has 1 rings (SSSR count). The minimum absolute atomic E-state index is 0.111. The first-order valence-corrected chi connectivity index (χ1v) is 7.90. The van der Waals surface area contributed by atoms with Crippen LogP contribution in [0.25, 0.3) is 0 Å². The van der Waals surface area contributed by atoms with Crippen LogP contribution in [0.2, 0.25) is 0 Å². The van der Waals surface area contributed by atoms with E-state index in [0.29, 0.717) is 25.1 Å². The van der Waals surface area contributed by atoms with Crippen molar-refractivity contribution in [2.24, 2.45) is 11.7 Å². The van der Waals surface area contributed by atoms with Gasteiger partial charge in [0.1, 0.15) is 0 Å². The fourth-order valence-electron chi connectivity index (χ4n) is 2.16. The molecule has 2 unspecified atom stereocenters. The van der Waals surface area contributed by atoms with Crippen molar-refractivity contribution in [2.45, 2.75) is 31.8 Å². The zero-order valence-electron chi connectivity index (χ0n) is 12.5. The Labute approximate surface area is 135 Å². The maximum atomic E-state index is 11.5. The maximum absolute atomic E-state index is 11.5. The minimum atomic E-state index is -0.804. The normalized spacial score (nSPS) is 13.4. The van der Waals surface area contributed by atoms with Crippen LogP contribution in [0.3, 0.4) is 0 Å². The molecule has 0 aromatic heterocycles. The van der Waals surface area contributed by atoms with Crippen molar-refractivity contribution in [1.82, 2.24) is 5.32 Å². The number of benzene rings is 1. The van der Waals surface area contributed by atoms with E-state index in [2.05, 4.69) is 5.32 Å². The highest BCUT2D eigenvalue weighted by molar-refractivity contribution is 6.17. The number of primary amides is 1. The molecule has 0 aliphatic carbocycles. The third kappa shape index (κ3) is 7.43. The topological polar surface area (TPSA) is 92.4 Å². The van der Waals surface area contributed by atoms with E-state index in [1.807, 2.05) is 30.3 Å². The molecule has 0 saturated heterocycles. The van der Waals surface area contributed by atoms with Crippen molar-refractivity contribution < 1.29 is 14.7 Å². The average Bonchev–Trinajstić information content (AvgIpc) is 2.51. The number of carbonyl (C=O) groups is 2. The first kappa shape index (κ1) is 18.5. The van der Waals surface area contributed by atoms with E-state index in [1.165, 1.54) is 0 Å². The van der Waals surface area contributed by atoms with Crippen molar-refractivity contribution in [3.63, 3.8) is 0 Å². The Morgan fingerprint density at radius 1 is 1.27 bits per heavy atom. The zero-order chi connectivity index (χ0) is 16.4. The fraction of sp³-hybridized carbons (Fsp3) is 0.500. The Morgan fingerprint density at radius 3 is 2.55 bits per heavy atom. The van der Waals surface area contributed by atoms with Gasteiger partial charge in [-0.05, 0) is 24.8 Å². The molecule has 2 amide bonds. The Bertz CT molecular complexity index is 468. The fourth-order valence-corrected chi connectivity index (χ4v) is 2.29. The van der Waals surface area contributed by atoms with Gasteiger partial charge >= 0.3 is 0 Å². The number of nitrogens with one attached hydrogen (secondary N) is 1. The molecule has 0 aliphatic heterocycles. The van der Waals surface area contributed by atoms with Gasteiger partial charge in [-0.25, -0.2) is 0 Å². The molecule has 1 aromatic carbocycles. The number of hydrogen-bond donors (Lipinski definition) is 3. The summed E-state index contributed by atoms with van der Waals surface area (Å²) in [6.07, 6.45) is 0.829. The van der Waals surface area contributed by atoms with Gasteiger partial charge in [0.05, 0.1) is 6.10 Å². The van der Waals surface area contributed by atoms with Gasteiger partial charge in [-0.3, -0.25) is 9.59 Å². The molecule has 0 heterocycles. The van der Waals surface area contributed by atoms with E-state index in [4.69, 9.17) is 17.3 Å². The van der Waals surface area contributed by atoms with Gasteiger partial charge in [0.25, 0.3) is 0 Å². The summed E-state index contributed by atoms with van der Waals surface area (Å²) in [7, 11) is 0. The Morgan fingerprint density at radius 2 is 1.95 bits per heavy atom. The Kier molecular flexibility index (Phi) is 8.55. The van der Waals surface area contributed by atoms with Crippen LogP contribution in [-0.4, -0.2) is 35.4 Å². The van der Waals surface area contributed by atoms with Crippen molar-refractivity contribution in [3.8, 4) is 0 Å². The van der Waals surface area contributed by atoms with Crippen molar-refractivity contribution in [3.05, 3.63) is 35.9 Å². The summed E-state index contributed by atoms with van der Waals surface area (Å²) in [4.78, 5) is 23.0. The molecule has 6 heteroatoms. The molecule has 2 atom stereocenters. The second-order valence-corrected chi connectivity index (χ2v) is 5.65. The third-order valence-electron chi connectivity index (χ3n) is 3.36. The molecule has 0 radical (unpaired) electrons. The highest BCUT2D eigenvalue weighted by Gasteiger charge is 2.20. The van der Waals surface area contributed by atoms with E-state index in [-0.39, 0.29) is 18.9 Å². The van der Waals surface area contributed by atoms with Gasteiger partial charge in [0.15, 0.2) is 0 Å². The second kappa shape index (κ2) is 10.2. The molecular weight excluding hydrogens is 304 g/mol. The monoisotopic (exact) mass is 326 g/mol. The number of halogens is 1. The number of hydrogen-bond acceptors (Lipinski definition) is 3. The minimum Gasteiger partial charge on any atom is -0.391 e. The second-order valence-electron chi connectivity index (χ2n) is 5.28. The van der Waals surface area contributed by atoms with Crippen molar-refractivity contribution >= 4 is 23.4 Å². The van der Waals surface area contributed by atoms with E-state index < -0.39 is 17.9 Å². The third-order valence-corrected chi connectivity index (χ3v) is 3.62. The largest absolute Gasteiger partial charge is 0.391 e. The van der Waals surface area contributed by atoms with Crippen LogP contribution in [0.1, 0.15) is 24.8 Å². The summed E-state index contributed by atoms with van der Waals surface area (Å²) >= 11 is 5.51. The lowest BCUT2D eigenvalue weighted by Gasteiger charge is -2.18. The molecule has 22 heavy (non-hydrogen) atoms. The van der Waals surface area contributed by atoms with Gasteiger partial charge in [-0.1, -0.05) is 30.3 Å². The molecule has 1 aromatic rings. The van der Waals surface area contributed by atoms with Gasteiger partial charge in [-0.2, -0.15) is 0 Å². The van der Waals surface area contributed by atoms with Crippen LogP contribution in [0.4, 0.5) is 0 Å². The number of aliphatic hydroxyl groups is 1. The molecule has 0 spiro atoms. The van der Waals surface area contributed by atoms with Crippen molar-refractivity contribution in [2.75, 3.05) is 12.4 Å². The van der Waals surface area contributed by atoms with Gasteiger partial charge in [-0.15, -0.1) is 11.6 Å². The number of alkyl halides is 1. The predicted molar refractivity (Wildman–Crippen MR) is 86.4 cm³/mol. The molecule has 122 valence electrons. The lowest BCUT2D eigenvalue weighted by molar-refractivity contribution is -0.122. The summed E-state index contributed by atoms with van der Waals surface area (Å²) < 4.78 is 0. The first-order chi connectivity index (χ1) is 10.5. The van der Waals surface area contributed by atoms with Gasteiger partial charge < -0.3 is 16.2 Å². The van der Waals surface area contributed by atoms with Crippen LogP contribution in [-0.2, 0) is 16.0 Å². The molecular formula is C16H23ClN2O3. The summed E-state index contributed by atoms with van der Waals surface area (Å²) in [5, 5.41) is 12.6. The summed E-state index contributed by atoms with van der Waals surface area (Å²) in [5.41, 5.74) is 6.39. The SMILES string of the molecule is NC(=O)C(Cc1ccccc1)CC(O)CNC(=O)CCCCl. The summed E-state index contributed by atoms with van der Waals surface area (Å²) in [6.45, 7) is 0.111. The van der Waals surface area contributed by atoms with E-state index in [1.54, 1.807) is 0 Å². The van der Waals surface area contributed by atoms with E-state index in [0.717, 1.165) is 5.56 Å². The Hall–Kier alpha value is -1.59. The highest BCUT2D eigenvalue weighted by atomic mass is 35.5. The molecule has 4 N–H and O–H groups in total. The van der Waals surface area contributed by atoms with Crippen LogP contribution in [0, 0.1) is 5.92 Å². The number of aliphatic hydroxyl groups excluding tert-OH is 1. The number of nitrogens with two attached hydrogens (primary N) is 1. The van der Waals surface area contributed by atoms with Crippen molar-refractivity contribution in [1.29, 1.82) is 0 Å². The van der Waals surface area contributed by atoms with E-state index >= 15 is 0 Å². The molecule has 0 fully saturated rings. The Balaban J connectivity index is 2.42. The predicted octanol–water partition coefficient (Wildman–Crippen LogP) is 1.22. The maximum Gasteiger partial charge on any atom is 0.220 e. The zero-order valence-corrected chi connectivity index (χ0v) is 13.3. The smallest absolute Gasteiger partial charge is 0.220 e. The average molecular weight is 327 g/mol. The lowest BCUT2D eigenvalue weighted by atomic mass is 9.93. The van der Waals surface area contributed by atoms with Gasteiger partial charge in [0, 0.05) is 24.8 Å². The van der Waals surface area contributed by atoms with Crippen LogP contribution in [0.15, 0.2) is 30.3 Å². The standard InChI is InChI=1S/C16H23ClN2O3/c17-8-4-7-15(21)19-11-14(20)10-13(16(18)22)9-12-5-2-1-3-6-12/h1-3,5-6,13-14,20H,4,7-11H2,(H2,18,22)(H,19,21). The van der Waals surface area contributed by atoms with Crippen LogP contribution in [0.5, 0.6) is 0 Å². The summed E-state index contributed by atoms with van der Waals surface area (Å²) in [5.74, 6) is -0.636. The number of amides is 2.